The van der Waals surface area contributed by atoms with Crippen LogP contribution in [0.5, 0.6) is 0 Å². The molecule has 0 saturated heterocycles. The van der Waals surface area contributed by atoms with Crippen molar-refractivity contribution in [2.24, 2.45) is 11.6 Å². The number of nitrogens with one attached hydrogen (secondary N) is 1. The van der Waals surface area contributed by atoms with E-state index in [4.69, 9.17) is 11.6 Å². The second-order valence-electron chi connectivity index (χ2n) is 3.47. The minimum atomic E-state index is -0.591. The van der Waals surface area contributed by atoms with Crippen LogP contribution in [0.15, 0.2) is 29.8 Å². The number of rotatable bonds is 3. The van der Waals surface area contributed by atoms with Crippen molar-refractivity contribution in [3.05, 3.63) is 40.3 Å². The number of carbonyl (C=O) groups is 2. The molecule has 0 atom stereocenters. The predicted octanol–water partition coefficient (Wildman–Crippen LogP) is 0.512. The van der Waals surface area contributed by atoms with E-state index in [-0.39, 0.29) is 11.6 Å². The van der Waals surface area contributed by atoms with Crippen LogP contribution in [0, 0.1) is 0 Å². The highest BCUT2D eigenvalue weighted by atomic mass is 32.1. The maximum Gasteiger partial charge on any atom is 0.275 e. The monoisotopic (exact) mass is 262 g/mol. The number of nitrogen functional groups attached to an aromatic ring is 1. The highest BCUT2D eigenvalue weighted by Gasteiger charge is 2.10. The molecule has 0 aliphatic rings. The van der Waals surface area contributed by atoms with Gasteiger partial charge in [0, 0.05) is 6.20 Å². The molecule has 0 spiro atoms. The molecule has 0 radical (unpaired) electrons. The quantitative estimate of drug-likeness (QED) is 0.425. The van der Waals surface area contributed by atoms with Crippen LogP contribution in [-0.2, 0) is 0 Å². The molecule has 0 bridgehead atoms. The van der Waals surface area contributed by atoms with E-state index in [1.54, 1.807) is 23.6 Å². The van der Waals surface area contributed by atoms with E-state index in [1.807, 2.05) is 0 Å². The van der Waals surface area contributed by atoms with Gasteiger partial charge in [-0.25, -0.2) is 5.84 Å². The van der Waals surface area contributed by atoms with Gasteiger partial charge in [-0.2, -0.15) is 0 Å². The molecule has 92 valence electrons. The Hall–Kier alpha value is -2.25. The maximum absolute atomic E-state index is 11.3. The second kappa shape index (κ2) is 4.94. The Morgan fingerprint density at radius 1 is 1.28 bits per heavy atom. The summed E-state index contributed by atoms with van der Waals surface area (Å²) in [6.07, 6.45) is 1.50. The third-order valence-electron chi connectivity index (χ3n) is 2.30. The van der Waals surface area contributed by atoms with Gasteiger partial charge in [0.25, 0.3) is 11.8 Å². The highest BCUT2D eigenvalue weighted by Crippen LogP contribution is 2.25. The third kappa shape index (κ3) is 2.36. The third-order valence-corrected chi connectivity index (χ3v) is 3.23. The first-order valence-corrected chi connectivity index (χ1v) is 5.85. The SMILES string of the molecule is NNC(=O)c1cc(-c2ccnc(C(N)=O)c2)cs1. The fourth-order valence-electron chi connectivity index (χ4n) is 1.42. The maximum atomic E-state index is 11.3. The number of hydrazine groups is 1. The van der Waals surface area contributed by atoms with Gasteiger partial charge in [-0.3, -0.25) is 20.0 Å². The molecule has 18 heavy (non-hydrogen) atoms. The molecule has 2 aromatic rings. The van der Waals surface area contributed by atoms with Gasteiger partial charge >= 0.3 is 0 Å². The summed E-state index contributed by atoms with van der Waals surface area (Å²) in [5.41, 5.74) is 8.98. The van der Waals surface area contributed by atoms with Crippen molar-refractivity contribution < 1.29 is 9.59 Å². The normalized spacial score (nSPS) is 10.1. The summed E-state index contributed by atoms with van der Waals surface area (Å²) in [4.78, 5) is 26.7. The van der Waals surface area contributed by atoms with Crippen molar-refractivity contribution in [1.82, 2.24) is 10.4 Å². The van der Waals surface area contributed by atoms with E-state index < -0.39 is 5.91 Å². The number of hydrogen-bond acceptors (Lipinski definition) is 5. The second-order valence-corrected chi connectivity index (χ2v) is 4.38. The average molecular weight is 262 g/mol. The molecular weight excluding hydrogens is 252 g/mol. The Morgan fingerprint density at radius 3 is 2.72 bits per heavy atom. The van der Waals surface area contributed by atoms with Crippen molar-refractivity contribution in [1.29, 1.82) is 0 Å². The Kier molecular flexibility index (Phi) is 3.35. The van der Waals surface area contributed by atoms with Crippen molar-refractivity contribution in [3.63, 3.8) is 0 Å². The van der Waals surface area contributed by atoms with Gasteiger partial charge in [-0.05, 0) is 34.7 Å². The molecule has 0 aromatic carbocycles. The molecule has 0 fully saturated rings. The first kappa shape index (κ1) is 12.2. The molecule has 0 saturated carbocycles. The van der Waals surface area contributed by atoms with Crippen molar-refractivity contribution >= 4 is 23.2 Å². The van der Waals surface area contributed by atoms with E-state index in [2.05, 4.69) is 10.4 Å². The average Bonchev–Trinajstić information content (AvgIpc) is 2.87. The zero-order valence-electron chi connectivity index (χ0n) is 9.21. The molecule has 2 heterocycles. The van der Waals surface area contributed by atoms with E-state index >= 15 is 0 Å². The Bertz CT molecular complexity index is 609. The topological polar surface area (TPSA) is 111 Å². The molecule has 7 heteroatoms. The number of hydrogen-bond donors (Lipinski definition) is 3. The number of thiophene rings is 1. The number of aromatic nitrogens is 1. The molecule has 0 aliphatic carbocycles. The summed E-state index contributed by atoms with van der Waals surface area (Å²) < 4.78 is 0. The molecule has 6 nitrogen and oxygen atoms in total. The smallest absolute Gasteiger partial charge is 0.275 e. The molecule has 2 rings (SSSR count). The van der Waals surface area contributed by atoms with Crippen LogP contribution in [0.4, 0.5) is 0 Å². The first-order valence-electron chi connectivity index (χ1n) is 4.97. The van der Waals surface area contributed by atoms with Crippen molar-refractivity contribution in [3.8, 4) is 11.1 Å². The number of nitrogens with two attached hydrogens (primary N) is 2. The number of amides is 2. The largest absolute Gasteiger partial charge is 0.364 e. The fourth-order valence-corrected chi connectivity index (χ4v) is 2.24. The van der Waals surface area contributed by atoms with Gasteiger partial charge in [0.2, 0.25) is 0 Å². The minimum absolute atomic E-state index is 0.184. The van der Waals surface area contributed by atoms with Crippen LogP contribution in [0.2, 0.25) is 0 Å². The molecule has 0 aliphatic heterocycles. The van der Waals surface area contributed by atoms with Crippen LogP contribution in [0.1, 0.15) is 20.2 Å². The standard InChI is InChI=1S/C11H10N4O2S/c12-10(16)8-3-6(1-2-14-8)7-4-9(18-5-7)11(17)15-13/h1-5H,13H2,(H2,12,16)(H,15,17). The van der Waals surface area contributed by atoms with Gasteiger partial charge in [0.15, 0.2) is 0 Å². The van der Waals surface area contributed by atoms with Gasteiger partial charge in [-0.15, -0.1) is 11.3 Å². The molecule has 5 N–H and O–H groups in total. The lowest BCUT2D eigenvalue weighted by molar-refractivity contribution is 0.0956. The predicted molar refractivity (Wildman–Crippen MR) is 67.7 cm³/mol. The summed E-state index contributed by atoms with van der Waals surface area (Å²) in [6.45, 7) is 0. The summed E-state index contributed by atoms with van der Waals surface area (Å²) in [6, 6.07) is 5.00. The zero-order chi connectivity index (χ0) is 13.1. The van der Waals surface area contributed by atoms with E-state index in [9.17, 15) is 9.59 Å². The Balaban J connectivity index is 2.37. The summed E-state index contributed by atoms with van der Waals surface area (Å²) in [5.74, 6) is 4.11. The lowest BCUT2D eigenvalue weighted by Gasteiger charge is -1.99. The molecule has 0 unspecified atom stereocenters. The minimum Gasteiger partial charge on any atom is -0.364 e. The molecule has 2 aromatic heterocycles. The van der Waals surface area contributed by atoms with Gasteiger partial charge in [-0.1, -0.05) is 0 Å². The van der Waals surface area contributed by atoms with Crippen molar-refractivity contribution in [2.45, 2.75) is 0 Å². The van der Waals surface area contributed by atoms with Gasteiger partial charge < -0.3 is 5.73 Å². The number of carbonyl (C=O) groups excluding carboxylic acids is 2. The van der Waals surface area contributed by atoms with Crippen LogP contribution in [-0.4, -0.2) is 16.8 Å². The zero-order valence-corrected chi connectivity index (χ0v) is 10.0. The summed E-state index contributed by atoms with van der Waals surface area (Å²) in [7, 11) is 0. The van der Waals surface area contributed by atoms with Gasteiger partial charge in [0.05, 0.1) is 4.88 Å². The molecular formula is C11H10N4O2S. The molecule has 2 amide bonds. The number of primary amides is 1. The van der Waals surface area contributed by atoms with Crippen LogP contribution >= 0.6 is 11.3 Å². The van der Waals surface area contributed by atoms with E-state index in [0.717, 1.165) is 11.1 Å². The first-order chi connectivity index (χ1) is 8.61. The Labute approximate surface area is 107 Å². The van der Waals surface area contributed by atoms with Crippen LogP contribution < -0.4 is 17.0 Å². The highest BCUT2D eigenvalue weighted by molar-refractivity contribution is 7.12. The lowest BCUT2D eigenvalue weighted by atomic mass is 10.1. The Morgan fingerprint density at radius 2 is 2.06 bits per heavy atom. The fraction of sp³-hybridized carbons (Fsp3) is 0. The van der Waals surface area contributed by atoms with Crippen molar-refractivity contribution in [2.75, 3.05) is 0 Å². The van der Waals surface area contributed by atoms with Crippen LogP contribution in [0.3, 0.4) is 0 Å². The summed E-state index contributed by atoms with van der Waals surface area (Å²) >= 11 is 1.26. The summed E-state index contributed by atoms with van der Waals surface area (Å²) in [5, 5.41) is 1.80. The van der Waals surface area contributed by atoms with Gasteiger partial charge in [0.1, 0.15) is 5.69 Å². The number of nitrogens with zero attached hydrogens (tertiary/aromatic N) is 1. The van der Waals surface area contributed by atoms with E-state index in [1.165, 1.54) is 17.5 Å². The number of pyridine rings is 1. The van der Waals surface area contributed by atoms with E-state index in [0.29, 0.717) is 4.88 Å². The lowest BCUT2D eigenvalue weighted by Crippen LogP contribution is -2.29. The van der Waals surface area contributed by atoms with Crippen LogP contribution in [0.25, 0.3) is 11.1 Å².